The first kappa shape index (κ1) is 23.2. The van der Waals surface area contributed by atoms with Crippen LogP contribution in [-0.4, -0.2) is 42.8 Å². The zero-order valence-corrected chi connectivity index (χ0v) is 18.4. The predicted molar refractivity (Wildman–Crippen MR) is 124 cm³/mol. The number of carbonyl (C=O) groups excluding carboxylic acids is 3. The van der Waals surface area contributed by atoms with Crippen molar-refractivity contribution in [1.29, 1.82) is 0 Å². The van der Waals surface area contributed by atoms with E-state index in [2.05, 4.69) is 0 Å². The van der Waals surface area contributed by atoms with Crippen LogP contribution in [0.3, 0.4) is 0 Å². The van der Waals surface area contributed by atoms with E-state index in [-0.39, 0.29) is 6.61 Å². The van der Waals surface area contributed by atoms with Crippen molar-refractivity contribution in [1.82, 2.24) is 0 Å². The van der Waals surface area contributed by atoms with Crippen LogP contribution in [0.1, 0.15) is 37.5 Å². The molecule has 4 atom stereocenters. The normalized spacial score (nSPS) is 21.4. The van der Waals surface area contributed by atoms with Crippen LogP contribution in [0.2, 0.25) is 0 Å². The van der Waals surface area contributed by atoms with E-state index in [1.165, 1.54) is 0 Å². The van der Waals surface area contributed by atoms with Crippen molar-refractivity contribution in [2.45, 2.75) is 24.7 Å². The van der Waals surface area contributed by atoms with E-state index in [1.807, 2.05) is 0 Å². The summed E-state index contributed by atoms with van der Waals surface area (Å²) in [7, 11) is 0. The Hall–Kier alpha value is -3.97. The second-order valence-electron chi connectivity index (χ2n) is 8.10. The van der Waals surface area contributed by atoms with Crippen LogP contribution in [-0.2, 0) is 14.2 Å². The Balaban J connectivity index is 1.51. The average Bonchev–Trinajstić information content (AvgIpc) is 3.17. The first-order valence-corrected chi connectivity index (χ1v) is 11.0. The van der Waals surface area contributed by atoms with Crippen LogP contribution in [0.4, 0.5) is 0 Å². The van der Waals surface area contributed by atoms with Crippen molar-refractivity contribution in [3.05, 3.63) is 108 Å². The number of esters is 3. The molecule has 3 aromatic carbocycles. The summed E-state index contributed by atoms with van der Waals surface area (Å²) in [6, 6.07) is 25.0. The predicted octanol–water partition coefficient (Wildman–Crippen LogP) is 3.64. The third-order valence-electron chi connectivity index (χ3n) is 5.73. The number of carbonyl (C=O) groups is 3. The van der Waals surface area contributed by atoms with Gasteiger partial charge in [0.15, 0.2) is 6.10 Å². The van der Waals surface area contributed by atoms with Crippen molar-refractivity contribution < 1.29 is 28.6 Å². The van der Waals surface area contributed by atoms with E-state index in [4.69, 9.17) is 19.9 Å². The maximum Gasteiger partial charge on any atom is 0.338 e. The molecule has 7 heteroatoms. The van der Waals surface area contributed by atoms with E-state index >= 15 is 0 Å². The minimum atomic E-state index is -0.888. The zero-order chi connectivity index (χ0) is 23.9. The van der Waals surface area contributed by atoms with E-state index < -0.39 is 42.1 Å². The van der Waals surface area contributed by atoms with Gasteiger partial charge in [-0.25, -0.2) is 14.4 Å². The fourth-order valence-corrected chi connectivity index (χ4v) is 3.98. The largest absolute Gasteiger partial charge is 0.462 e. The average molecular weight is 459 g/mol. The summed E-state index contributed by atoms with van der Waals surface area (Å²) in [5.41, 5.74) is 7.44. The van der Waals surface area contributed by atoms with Gasteiger partial charge in [0.1, 0.15) is 6.10 Å². The van der Waals surface area contributed by atoms with Gasteiger partial charge in [-0.05, 0) is 42.8 Å². The minimum absolute atomic E-state index is 0.0342. The third-order valence-corrected chi connectivity index (χ3v) is 5.73. The highest BCUT2D eigenvalue weighted by atomic mass is 16.6. The SMILES string of the molecule is N[C@@H]1C[C@H](COC(=O)c2ccccc2)[C@@H](OC(=O)c2ccccc2)C1OC(=O)c1ccccc1. The number of nitrogens with two attached hydrogens (primary N) is 1. The molecule has 174 valence electrons. The Bertz CT molecular complexity index is 1120. The topological polar surface area (TPSA) is 105 Å². The molecule has 4 rings (SSSR count). The van der Waals surface area contributed by atoms with Crippen LogP contribution in [0.25, 0.3) is 0 Å². The molecule has 1 aliphatic carbocycles. The van der Waals surface area contributed by atoms with Gasteiger partial charge in [0, 0.05) is 12.0 Å². The molecule has 34 heavy (non-hydrogen) atoms. The molecular weight excluding hydrogens is 434 g/mol. The second-order valence-corrected chi connectivity index (χ2v) is 8.10. The van der Waals surface area contributed by atoms with Gasteiger partial charge in [0.05, 0.1) is 23.3 Å². The smallest absolute Gasteiger partial charge is 0.338 e. The van der Waals surface area contributed by atoms with Gasteiger partial charge in [-0.15, -0.1) is 0 Å². The standard InChI is InChI=1S/C27H25NO6/c28-22-16-21(17-32-25(29)18-10-4-1-5-11-18)23(33-26(30)19-12-6-2-7-13-19)24(22)34-27(31)20-14-8-3-9-15-20/h1-15,21-24H,16-17,28H2/t21-,22-,23-,24?/m1/s1. The van der Waals surface area contributed by atoms with Gasteiger partial charge in [-0.3, -0.25) is 0 Å². The lowest BCUT2D eigenvalue weighted by Gasteiger charge is -2.26. The van der Waals surface area contributed by atoms with Crippen molar-refractivity contribution >= 4 is 17.9 Å². The molecule has 3 aromatic rings. The Morgan fingerprint density at radius 2 is 1.06 bits per heavy atom. The minimum Gasteiger partial charge on any atom is -0.462 e. The fraction of sp³-hybridized carbons (Fsp3) is 0.222. The molecule has 0 saturated heterocycles. The fourth-order valence-electron chi connectivity index (χ4n) is 3.98. The summed E-state index contributed by atoms with van der Waals surface area (Å²) in [6.45, 7) is -0.0342. The van der Waals surface area contributed by atoms with Gasteiger partial charge in [0.2, 0.25) is 0 Å². The Morgan fingerprint density at radius 3 is 1.53 bits per heavy atom. The van der Waals surface area contributed by atoms with Crippen molar-refractivity contribution in [2.75, 3.05) is 6.61 Å². The molecule has 7 nitrogen and oxygen atoms in total. The van der Waals surface area contributed by atoms with Crippen LogP contribution in [0.15, 0.2) is 91.0 Å². The Morgan fingerprint density at radius 1 is 0.647 bits per heavy atom. The summed E-state index contributed by atoms with van der Waals surface area (Å²) in [6.07, 6.45) is -1.42. The summed E-state index contributed by atoms with van der Waals surface area (Å²) in [5.74, 6) is -2.07. The first-order valence-electron chi connectivity index (χ1n) is 11.0. The molecule has 1 aliphatic rings. The molecule has 0 amide bonds. The molecule has 1 fully saturated rings. The van der Waals surface area contributed by atoms with E-state index in [0.717, 1.165) is 0 Å². The van der Waals surface area contributed by atoms with Crippen LogP contribution < -0.4 is 5.73 Å². The lowest BCUT2D eigenvalue weighted by atomic mass is 10.1. The van der Waals surface area contributed by atoms with Gasteiger partial charge in [-0.1, -0.05) is 54.6 Å². The maximum absolute atomic E-state index is 12.8. The maximum atomic E-state index is 12.8. The highest BCUT2D eigenvalue weighted by molar-refractivity contribution is 5.91. The Kier molecular flexibility index (Phi) is 7.34. The van der Waals surface area contributed by atoms with Crippen molar-refractivity contribution in [3.63, 3.8) is 0 Å². The molecule has 1 unspecified atom stereocenters. The molecule has 0 spiro atoms. The lowest BCUT2D eigenvalue weighted by Crippen LogP contribution is -2.42. The number of hydrogen-bond donors (Lipinski definition) is 1. The molecular formula is C27H25NO6. The van der Waals surface area contributed by atoms with Gasteiger partial charge < -0.3 is 19.9 Å². The molecule has 0 heterocycles. The van der Waals surface area contributed by atoms with Gasteiger partial charge >= 0.3 is 17.9 Å². The summed E-state index contributed by atoms with van der Waals surface area (Å²) in [4.78, 5) is 37.9. The molecule has 0 bridgehead atoms. The van der Waals surface area contributed by atoms with E-state index in [1.54, 1.807) is 91.0 Å². The lowest BCUT2D eigenvalue weighted by molar-refractivity contribution is -0.0454. The molecule has 0 aromatic heterocycles. The summed E-state index contributed by atoms with van der Waals surface area (Å²) in [5, 5.41) is 0. The Labute approximate surface area is 197 Å². The van der Waals surface area contributed by atoms with E-state index in [9.17, 15) is 14.4 Å². The summed E-state index contributed by atoms with van der Waals surface area (Å²) >= 11 is 0. The van der Waals surface area contributed by atoms with Crippen LogP contribution in [0, 0.1) is 5.92 Å². The summed E-state index contributed by atoms with van der Waals surface area (Å²) < 4.78 is 17.0. The second kappa shape index (κ2) is 10.8. The number of benzene rings is 3. The van der Waals surface area contributed by atoms with Crippen LogP contribution >= 0.6 is 0 Å². The van der Waals surface area contributed by atoms with Crippen molar-refractivity contribution in [3.8, 4) is 0 Å². The quantitative estimate of drug-likeness (QED) is 0.425. The monoisotopic (exact) mass is 459 g/mol. The number of ether oxygens (including phenoxy) is 3. The zero-order valence-electron chi connectivity index (χ0n) is 18.4. The molecule has 2 N–H and O–H groups in total. The van der Waals surface area contributed by atoms with Gasteiger partial charge in [-0.2, -0.15) is 0 Å². The first-order chi connectivity index (χ1) is 16.5. The highest BCUT2D eigenvalue weighted by Gasteiger charge is 2.47. The molecule has 0 radical (unpaired) electrons. The number of rotatable bonds is 7. The van der Waals surface area contributed by atoms with Gasteiger partial charge in [0.25, 0.3) is 0 Å². The van der Waals surface area contributed by atoms with Crippen LogP contribution in [0.5, 0.6) is 0 Å². The number of hydrogen-bond acceptors (Lipinski definition) is 7. The third kappa shape index (κ3) is 5.50. The highest BCUT2D eigenvalue weighted by Crippen LogP contribution is 2.32. The molecule has 0 aliphatic heterocycles. The van der Waals surface area contributed by atoms with E-state index in [0.29, 0.717) is 23.1 Å². The van der Waals surface area contributed by atoms with Crippen molar-refractivity contribution in [2.24, 2.45) is 11.7 Å². The molecule has 1 saturated carbocycles.